The zero-order valence-electron chi connectivity index (χ0n) is 10.3. The summed E-state index contributed by atoms with van der Waals surface area (Å²) in [6, 6.07) is 1.79. The van der Waals surface area contributed by atoms with Crippen LogP contribution in [0.2, 0.25) is 0 Å². The number of rotatable bonds is 3. The van der Waals surface area contributed by atoms with E-state index in [4.69, 9.17) is 5.73 Å². The minimum absolute atomic E-state index is 0.106. The number of nitrogens with two attached hydrogens (primary N) is 1. The van der Waals surface area contributed by atoms with Crippen LogP contribution in [0, 0.1) is 18.6 Å². The van der Waals surface area contributed by atoms with Gasteiger partial charge in [0.2, 0.25) is 0 Å². The van der Waals surface area contributed by atoms with E-state index in [1.807, 2.05) is 6.92 Å². The van der Waals surface area contributed by atoms with Crippen LogP contribution in [0.5, 0.6) is 0 Å². The Kier molecular flexibility index (Phi) is 3.43. The quantitative estimate of drug-likeness (QED) is 0.911. The second kappa shape index (κ2) is 4.86. The number of halogens is 2. The average molecular weight is 251 g/mol. The zero-order valence-corrected chi connectivity index (χ0v) is 10.3. The van der Waals surface area contributed by atoms with Crippen LogP contribution in [-0.2, 0) is 6.54 Å². The van der Waals surface area contributed by atoms with Crippen molar-refractivity contribution in [3.8, 4) is 0 Å². The van der Waals surface area contributed by atoms with Crippen LogP contribution in [0.3, 0.4) is 0 Å². The lowest BCUT2D eigenvalue weighted by Crippen LogP contribution is -2.16. The largest absolute Gasteiger partial charge is 0.320 e. The second-order valence-corrected chi connectivity index (χ2v) is 4.20. The fraction of sp³-hybridized carbons (Fsp3) is 0.308. The lowest BCUT2D eigenvalue weighted by Gasteiger charge is -2.13. The van der Waals surface area contributed by atoms with Gasteiger partial charge < -0.3 is 5.73 Å². The summed E-state index contributed by atoms with van der Waals surface area (Å²) in [6.45, 7) is 4.20. The van der Waals surface area contributed by atoms with Gasteiger partial charge in [-0.15, -0.1) is 0 Å². The summed E-state index contributed by atoms with van der Waals surface area (Å²) in [5.41, 5.74) is 6.79. The number of aromatic nitrogens is 2. The molecule has 1 heterocycles. The van der Waals surface area contributed by atoms with Crippen LogP contribution >= 0.6 is 0 Å². The van der Waals surface area contributed by atoms with E-state index in [-0.39, 0.29) is 5.56 Å². The molecule has 0 amide bonds. The van der Waals surface area contributed by atoms with Gasteiger partial charge in [0.25, 0.3) is 0 Å². The summed E-state index contributed by atoms with van der Waals surface area (Å²) >= 11 is 0. The predicted octanol–water partition coefficient (Wildman–Crippen LogP) is 2.54. The number of benzene rings is 1. The Bertz CT molecular complexity index is 563. The van der Waals surface area contributed by atoms with Gasteiger partial charge >= 0.3 is 0 Å². The Morgan fingerprint density at radius 3 is 2.72 bits per heavy atom. The van der Waals surface area contributed by atoms with Crippen molar-refractivity contribution in [1.82, 2.24) is 9.78 Å². The van der Waals surface area contributed by atoms with Gasteiger partial charge in [0.1, 0.15) is 11.6 Å². The fourth-order valence-corrected chi connectivity index (χ4v) is 1.84. The van der Waals surface area contributed by atoms with Gasteiger partial charge in [0.05, 0.1) is 12.2 Å². The van der Waals surface area contributed by atoms with Crippen molar-refractivity contribution in [2.75, 3.05) is 0 Å². The van der Waals surface area contributed by atoms with E-state index in [0.717, 1.165) is 0 Å². The van der Waals surface area contributed by atoms with Crippen LogP contribution < -0.4 is 5.73 Å². The Labute approximate surface area is 104 Å². The van der Waals surface area contributed by atoms with Crippen molar-refractivity contribution < 1.29 is 8.78 Å². The van der Waals surface area contributed by atoms with Crippen molar-refractivity contribution in [3.05, 3.63) is 52.9 Å². The number of nitrogens with zero attached hydrogens (tertiary/aromatic N) is 2. The molecule has 1 unspecified atom stereocenters. The van der Waals surface area contributed by atoms with E-state index in [0.29, 0.717) is 17.7 Å². The molecule has 2 rings (SSSR count). The third kappa shape index (κ3) is 2.13. The number of hydrogen-bond donors (Lipinski definition) is 1. The maximum absolute atomic E-state index is 13.9. The molecular formula is C13H15F2N3. The van der Waals surface area contributed by atoms with Gasteiger partial charge in [-0.3, -0.25) is 4.68 Å². The van der Waals surface area contributed by atoms with E-state index in [2.05, 4.69) is 5.10 Å². The summed E-state index contributed by atoms with van der Waals surface area (Å²) in [5, 5.41) is 4.05. The number of aryl methyl sites for hydroxylation is 2. The molecule has 0 saturated heterocycles. The molecule has 0 aliphatic rings. The van der Waals surface area contributed by atoms with Gasteiger partial charge in [0.15, 0.2) is 0 Å². The molecule has 18 heavy (non-hydrogen) atoms. The summed E-state index contributed by atoms with van der Waals surface area (Å²) in [7, 11) is 0. The summed E-state index contributed by atoms with van der Waals surface area (Å²) < 4.78 is 29.3. The smallest absolute Gasteiger partial charge is 0.134 e. The maximum Gasteiger partial charge on any atom is 0.134 e. The lowest BCUT2D eigenvalue weighted by atomic mass is 9.99. The molecule has 0 radical (unpaired) electrons. The molecule has 96 valence electrons. The Hall–Kier alpha value is -1.75. The van der Waals surface area contributed by atoms with E-state index in [1.54, 1.807) is 17.8 Å². The highest BCUT2D eigenvalue weighted by atomic mass is 19.1. The molecule has 5 heteroatoms. The summed E-state index contributed by atoms with van der Waals surface area (Å²) in [6.07, 6.45) is 3.24. The topological polar surface area (TPSA) is 43.8 Å². The lowest BCUT2D eigenvalue weighted by molar-refractivity contribution is 0.538. The first-order chi connectivity index (χ1) is 8.54. The van der Waals surface area contributed by atoms with E-state index in [9.17, 15) is 8.78 Å². The molecule has 1 aromatic carbocycles. The SMILES string of the molecule is CCn1cc(C(N)c2c(F)ccc(C)c2F)cn1. The average Bonchev–Trinajstić information content (AvgIpc) is 2.83. The minimum atomic E-state index is -0.842. The highest BCUT2D eigenvalue weighted by Gasteiger charge is 2.20. The molecule has 1 aromatic heterocycles. The maximum atomic E-state index is 13.9. The molecule has 0 fully saturated rings. The minimum Gasteiger partial charge on any atom is -0.320 e. The van der Waals surface area contributed by atoms with Gasteiger partial charge in [-0.25, -0.2) is 8.78 Å². The van der Waals surface area contributed by atoms with Crippen molar-refractivity contribution in [1.29, 1.82) is 0 Å². The first-order valence-corrected chi connectivity index (χ1v) is 5.77. The van der Waals surface area contributed by atoms with E-state index < -0.39 is 17.7 Å². The molecular weight excluding hydrogens is 236 g/mol. The van der Waals surface area contributed by atoms with Crippen molar-refractivity contribution >= 4 is 0 Å². The van der Waals surface area contributed by atoms with Crippen LogP contribution in [0.1, 0.15) is 29.7 Å². The van der Waals surface area contributed by atoms with E-state index in [1.165, 1.54) is 18.3 Å². The molecule has 0 bridgehead atoms. The van der Waals surface area contributed by atoms with Crippen molar-refractivity contribution in [2.24, 2.45) is 5.73 Å². The van der Waals surface area contributed by atoms with E-state index >= 15 is 0 Å². The van der Waals surface area contributed by atoms with Crippen LogP contribution in [0.4, 0.5) is 8.78 Å². The molecule has 3 nitrogen and oxygen atoms in total. The second-order valence-electron chi connectivity index (χ2n) is 4.20. The first-order valence-electron chi connectivity index (χ1n) is 5.77. The normalized spacial score (nSPS) is 12.7. The molecule has 2 aromatic rings. The molecule has 0 spiro atoms. The Balaban J connectivity index is 2.45. The third-order valence-corrected chi connectivity index (χ3v) is 2.97. The van der Waals surface area contributed by atoms with Crippen molar-refractivity contribution in [2.45, 2.75) is 26.4 Å². The predicted molar refractivity (Wildman–Crippen MR) is 65.0 cm³/mol. The first kappa shape index (κ1) is 12.7. The molecule has 0 aliphatic carbocycles. The van der Waals surface area contributed by atoms with Crippen LogP contribution in [0.25, 0.3) is 0 Å². The monoisotopic (exact) mass is 251 g/mol. The van der Waals surface area contributed by atoms with Gasteiger partial charge in [0, 0.05) is 23.9 Å². The Morgan fingerprint density at radius 1 is 1.39 bits per heavy atom. The van der Waals surface area contributed by atoms with Crippen molar-refractivity contribution in [3.63, 3.8) is 0 Å². The molecule has 0 saturated carbocycles. The standard InChI is InChI=1S/C13H15F2N3/c1-3-18-7-9(6-17-18)13(16)11-10(14)5-4-8(2)12(11)15/h4-7,13H,3,16H2,1-2H3. The highest BCUT2D eigenvalue weighted by molar-refractivity contribution is 5.34. The van der Waals surface area contributed by atoms with Crippen LogP contribution in [-0.4, -0.2) is 9.78 Å². The van der Waals surface area contributed by atoms with Gasteiger partial charge in [-0.1, -0.05) is 6.07 Å². The summed E-state index contributed by atoms with van der Waals surface area (Å²) in [4.78, 5) is 0. The third-order valence-electron chi connectivity index (χ3n) is 2.97. The molecule has 2 N–H and O–H groups in total. The number of hydrogen-bond acceptors (Lipinski definition) is 2. The molecule has 1 atom stereocenters. The fourth-order valence-electron chi connectivity index (χ4n) is 1.84. The van der Waals surface area contributed by atoms with Gasteiger partial charge in [-0.2, -0.15) is 5.10 Å². The summed E-state index contributed by atoms with van der Waals surface area (Å²) in [5.74, 6) is -1.22. The zero-order chi connectivity index (χ0) is 13.3. The highest BCUT2D eigenvalue weighted by Crippen LogP contribution is 2.26. The Morgan fingerprint density at radius 2 is 2.11 bits per heavy atom. The van der Waals surface area contributed by atoms with Crippen LogP contribution in [0.15, 0.2) is 24.5 Å². The van der Waals surface area contributed by atoms with Gasteiger partial charge in [-0.05, 0) is 25.5 Å². The molecule has 0 aliphatic heterocycles.